The molecule has 1 unspecified atom stereocenters. The Morgan fingerprint density at radius 1 is 1.38 bits per heavy atom. The molecule has 6 heteroatoms. The average molecular weight is 356 g/mol. The second-order valence-electron chi connectivity index (χ2n) is 5.23. The van der Waals surface area contributed by atoms with E-state index in [1.54, 1.807) is 0 Å². The van der Waals surface area contributed by atoms with E-state index in [2.05, 4.69) is 21.2 Å². The Kier molecular flexibility index (Phi) is 5.36. The van der Waals surface area contributed by atoms with E-state index in [0.717, 1.165) is 10.0 Å². The first-order valence-corrected chi connectivity index (χ1v) is 7.68. The fourth-order valence-corrected chi connectivity index (χ4v) is 2.84. The van der Waals surface area contributed by atoms with Gasteiger partial charge in [0, 0.05) is 10.5 Å². The van der Waals surface area contributed by atoms with Gasteiger partial charge in [-0.05, 0) is 37.8 Å². The molecule has 1 aromatic carbocycles. The van der Waals surface area contributed by atoms with E-state index >= 15 is 0 Å². The van der Waals surface area contributed by atoms with Crippen molar-refractivity contribution in [1.29, 1.82) is 0 Å². The van der Waals surface area contributed by atoms with Crippen LogP contribution in [0.1, 0.15) is 25.3 Å². The quantitative estimate of drug-likeness (QED) is 0.848. The summed E-state index contributed by atoms with van der Waals surface area (Å²) in [5.74, 6) is -1.25. The normalized spacial score (nSPS) is 22.8. The topological polar surface area (TPSA) is 75.6 Å². The molecule has 1 aliphatic rings. The Morgan fingerprint density at radius 3 is 2.67 bits per heavy atom. The van der Waals surface area contributed by atoms with Crippen LogP contribution in [0.2, 0.25) is 0 Å². The van der Waals surface area contributed by atoms with Crippen molar-refractivity contribution >= 4 is 27.8 Å². The Labute approximate surface area is 131 Å². The zero-order valence-electron chi connectivity index (χ0n) is 11.7. The zero-order chi connectivity index (χ0) is 15.4. The number of hydrogen-bond donors (Lipinski definition) is 2. The van der Waals surface area contributed by atoms with Crippen molar-refractivity contribution in [3.8, 4) is 0 Å². The third-order valence-electron chi connectivity index (χ3n) is 3.46. The first kappa shape index (κ1) is 16.0. The third-order valence-corrected chi connectivity index (χ3v) is 4.23. The van der Waals surface area contributed by atoms with E-state index in [1.807, 2.05) is 31.2 Å². The molecule has 1 fully saturated rings. The molecule has 0 spiro atoms. The number of aliphatic carboxylic acids is 1. The Bertz CT molecular complexity index is 534. The van der Waals surface area contributed by atoms with Crippen LogP contribution in [0.4, 0.5) is 0 Å². The molecule has 2 N–H and O–H groups in total. The highest BCUT2D eigenvalue weighted by molar-refractivity contribution is 9.10. The van der Waals surface area contributed by atoms with Crippen LogP contribution in [0.3, 0.4) is 0 Å². The number of hydrogen-bond acceptors (Lipinski definition) is 3. The maximum Gasteiger partial charge on any atom is 0.332 e. The summed E-state index contributed by atoms with van der Waals surface area (Å²) in [5.41, 5.74) is 1.11. The summed E-state index contributed by atoms with van der Waals surface area (Å²) in [7, 11) is 0. The lowest BCUT2D eigenvalue weighted by Crippen LogP contribution is -2.41. The Morgan fingerprint density at radius 2 is 2.05 bits per heavy atom. The predicted molar refractivity (Wildman–Crippen MR) is 81.0 cm³/mol. The number of rotatable bonds is 5. The van der Waals surface area contributed by atoms with E-state index < -0.39 is 18.2 Å². The van der Waals surface area contributed by atoms with Crippen LogP contribution in [0.25, 0.3) is 0 Å². The number of carbonyl (C=O) groups is 2. The standard InChI is InChI=1S/C15H18BrNO4/c1-9(8-10-4-2-3-5-11(10)16)17-14(18)12-6-7-13(21-12)15(19)20/h2-5,9,12-13H,6-8H2,1H3,(H,17,18)(H,19,20)/t9?,12-,13+/m0/s1. The molecule has 1 aromatic rings. The first-order chi connectivity index (χ1) is 9.97. The van der Waals surface area contributed by atoms with Crippen LogP contribution in [-0.4, -0.2) is 35.2 Å². The molecule has 1 heterocycles. The van der Waals surface area contributed by atoms with Crippen LogP contribution >= 0.6 is 15.9 Å². The molecule has 3 atom stereocenters. The molecule has 1 aliphatic heterocycles. The van der Waals surface area contributed by atoms with Gasteiger partial charge >= 0.3 is 5.97 Å². The second-order valence-corrected chi connectivity index (χ2v) is 6.09. The Balaban J connectivity index is 1.86. The van der Waals surface area contributed by atoms with Gasteiger partial charge in [0.2, 0.25) is 5.91 Å². The minimum Gasteiger partial charge on any atom is -0.479 e. The molecule has 21 heavy (non-hydrogen) atoms. The molecule has 0 aromatic heterocycles. The zero-order valence-corrected chi connectivity index (χ0v) is 13.3. The first-order valence-electron chi connectivity index (χ1n) is 6.89. The average Bonchev–Trinajstić information content (AvgIpc) is 2.91. The lowest BCUT2D eigenvalue weighted by atomic mass is 10.1. The molecule has 0 saturated carbocycles. The lowest BCUT2D eigenvalue weighted by molar-refractivity contribution is -0.151. The lowest BCUT2D eigenvalue weighted by Gasteiger charge is -2.18. The SMILES string of the molecule is CC(Cc1ccccc1Br)NC(=O)[C@@H]1CC[C@H](C(=O)O)O1. The van der Waals surface area contributed by atoms with E-state index in [4.69, 9.17) is 9.84 Å². The van der Waals surface area contributed by atoms with Crippen molar-refractivity contribution in [2.75, 3.05) is 0 Å². The molecule has 1 amide bonds. The summed E-state index contributed by atoms with van der Waals surface area (Å²) in [5, 5.41) is 11.7. The number of ether oxygens (including phenoxy) is 1. The molecule has 1 saturated heterocycles. The van der Waals surface area contributed by atoms with Crippen molar-refractivity contribution in [3.63, 3.8) is 0 Å². The minimum absolute atomic E-state index is 0.0521. The van der Waals surface area contributed by atoms with E-state index in [9.17, 15) is 9.59 Å². The maximum atomic E-state index is 12.1. The summed E-state index contributed by atoms with van der Waals surface area (Å²) in [6.45, 7) is 1.92. The van der Waals surface area contributed by atoms with E-state index in [1.165, 1.54) is 0 Å². The van der Waals surface area contributed by atoms with Crippen LogP contribution < -0.4 is 5.32 Å². The number of amides is 1. The van der Waals surface area contributed by atoms with Crippen LogP contribution in [0.5, 0.6) is 0 Å². The van der Waals surface area contributed by atoms with E-state index in [0.29, 0.717) is 19.3 Å². The van der Waals surface area contributed by atoms with Gasteiger partial charge in [-0.3, -0.25) is 4.79 Å². The van der Waals surface area contributed by atoms with Gasteiger partial charge < -0.3 is 15.2 Å². The highest BCUT2D eigenvalue weighted by atomic mass is 79.9. The summed E-state index contributed by atoms with van der Waals surface area (Å²) < 4.78 is 6.25. The molecule has 114 valence electrons. The Hall–Kier alpha value is -1.40. The summed E-state index contributed by atoms with van der Waals surface area (Å²) in [6.07, 6.45) is 0.00540. The molecule has 0 aliphatic carbocycles. The molecule has 0 bridgehead atoms. The van der Waals surface area contributed by atoms with Crippen molar-refractivity contribution < 1.29 is 19.4 Å². The van der Waals surface area contributed by atoms with Crippen LogP contribution in [0.15, 0.2) is 28.7 Å². The van der Waals surface area contributed by atoms with Gasteiger partial charge in [-0.15, -0.1) is 0 Å². The van der Waals surface area contributed by atoms with Crippen LogP contribution in [0, 0.1) is 0 Å². The van der Waals surface area contributed by atoms with Gasteiger partial charge in [0.25, 0.3) is 0 Å². The molecular weight excluding hydrogens is 338 g/mol. The number of halogens is 1. The van der Waals surface area contributed by atoms with Gasteiger partial charge in [0.1, 0.15) is 6.10 Å². The van der Waals surface area contributed by atoms with Crippen LogP contribution in [-0.2, 0) is 20.7 Å². The smallest absolute Gasteiger partial charge is 0.332 e. The van der Waals surface area contributed by atoms with Gasteiger partial charge in [0.05, 0.1) is 0 Å². The van der Waals surface area contributed by atoms with Crippen molar-refractivity contribution in [2.45, 2.75) is 44.4 Å². The van der Waals surface area contributed by atoms with Crippen molar-refractivity contribution in [1.82, 2.24) is 5.32 Å². The predicted octanol–water partition coefficient (Wildman–Crippen LogP) is 2.13. The highest BCUT2D eigenvalue weighted by Crippen LogP contribution is 2.21. The van der Waals surface area contributed by atoms with Gasteiger partial charge in [0.15, 0.2) is 6.10 Å². The number of carboxylic acid groups (broad SMARTS) is 1. The van der Waals surface area contributed by atoms with Gasteiger partial charge in [-0.2, -0.15) is 0 Å². The summed E-state index contributed by atoms with van der Waals surface area (Å²) >= 11 is 3.48. The summed E-state index contributed by atoms with van der Waals surface area (Å²) in [4.78, 5) is 22.9. The second kappa shape index (κ2) is 7.04. The third kappa shape index (κ3) is 4.28. The molecule has 0 radical (unpaired) electrons. The van der Waals surface area contributed by atoms with Crippen molar-refractivity contribution in [3.05, 3.63) is 34.3 Å². The number of nitrogens with one attached hydrogen (secondary N) is 1. The molecular formula is C15H18BrNO4. The number of carbonyl (C=O) groups excluding carboxylic acids is 1. The monoisotopic (exact) mass is 355 g/mol. The minimum atomic E-state index is -1.01. The molecule has 2 rings (SSSR count). The number of benzene rings is 1. The van der Waals surface area contributed by atoms with E-state index in [-0.39, 0.29) is 11.9 Å². The largest absolute Gasteiger partial charge is 0.479 e. The van der Waals surface area contributed by atoms with Gasteiger partial charge in [-0.1, -0.05) is 34.1 Å². The summed E-state index contributed by atoms with van der Waals surface area (Å²) in [6, 6.07) is 7.80. The fourth-order valence-electron chi connectivity index (χ4n) is 2.39. The fraction of sp³-hybridized carbons (Fsp3) is 0.467. The van der Waals surface area contributed by atoms with Gasteiger partial charge in [-0.25, -0.2) is 4.79 Å². The highest BCUT2D eigenvalue weighted by Gasteiger charge is 2.34. The maximum absolute atomic E-state index is 12.1. The number of carboxylic acids is 1. The molecule has 5 nitrogen and oxygen atoms in total. The van der Waals surface area contributed by atoms with Crippen molar-refractivity contribution in [2.24, 2.45) is 0 Å².